The summed E-state index contributed by atoms with van der Waals surface area (Å²) >= 11 is 5.16. The normalized spacial score (nSPS) is 13.1. The van der Waals surface area contributed by atoms with Crippen LogP contribution in [0.2, 0.25) is 0 Å². The summed E-state index contributed by atoms with van der Waals surface area (Å²) in [7, 11) is 0. The molecule has 0 spiro atoms. The monoisotopic (exact) mass is 271 g/mol. The number of furan rings is 1. The number of halogens is 1. The Morgan fingerprint density at radius 3 is 2.86 bits per heavy atom. The summed E-state index contributed by atoms with van der Waals surface area (Å²) in [6, 6.07) is 3.92. The van der Waals surface area contributed by atoms with Crippen LogP contribution in [0.1, 0.15) is 22.0 Å². The molecule has 14 heavy (non-hydrogen) atoms. The summed E-state index contributed by atoms with van der Waals surface area (Å²) in [5, 5.41) is 0. The third-order valence-electron chi connectivity index (χ3n) is 2.09. The number of rotatable bonds is 2. The second-order valence-corrected chi connectivity index (χ2v) is 5.54. The minimum atomic E-state index is -0.0799. The fourth-order valence-electron chi connectivity index (χ4n) is 1.25. The fourth-order valence-corrected chi connectivity index (χ4v) is 2.85. The van der Waals surface area contributed by atoms with Gasteiger partial charge in [0.25, 0.3) is 0 Å². The first-order valence-corrected chi connectivity index (χ1v) is 5.83. The van der Waals surface area contributed by atoms with Gasteiger partial charge in [-0.25, -0.2) is 0 Å². The molecule has 1 unspecified atom stereocenters. The van der Waals surface area contributed by atoms with Gasteiger partial charge in [-0.15, -0.1) is 11.3 Å². The molecule has 2 rings (SSSR count). The highest BCUT2D eigenvalue weighted by atomic mass is 79.9. The van der Waals surface area contributed by atoms with Crippen molar-refractivity contribution >= 4 is 27.3 Å². The SMILES string of the molecule is Cc1cc(C(N)c2ccoc2)sc1Br. The molecule has 0 bridgehead atoms. The molecular weight excluding hydrogens is 262 g/mol. The van der Waals surface area contributed by atoms with Gasteiger partial charge in [-0.05, 0) is 40.5 Å². The Balaban J connectivity index is 2.32. The van der Waals surface area contributed by atoms with Crippen molar-refractivity contribution in [3.05, 3.63) is 44.4 Å². The maximum atomic E-state index is 6.07. The Bertz CT molecular complexity index is 402. The van der Waals surface area contributed by atoms with Gasteiger partial charge < -0.3 is 10.2 Å². The van der Waals surface area contributed by atoms with Crippen LogP contribution in [0.4, 0.5) is 0 Å². The number of thiophene rings is 1. The van der Waals surface area contributed by atoms with Crippen LogP contribution in [0.25, 0.3) is 0 Å². The van der Waals surface area contributed by atoms with Crippen LogP contribution >= 0.6 is 27.3 Å². The van der Waals surface area contributed by atoms with Gasteiger partial charge in [0.05, 0.1) is 22.4 Å². The summed E-state index contributed by atoms with van der Waals surface area (Å²) < 4.78 is 6.15. The number of hydrogen-bond acceptors (Lipinski definition) is 3. The minimum absolute atomic E-state index is 0.0799. The lowest BCUT2D eigenvalue weighted by Crippen LogP contribution is -2.08. The smallest absolute Gasteiger partial charge is 0.0954 e. The van der Waals surface area contributed by atoms with E-state index < -0.39 is 0 Å². The summed E-state index contributed by atoms with van der Waals surface area (Å²) in [5.74, 6) is 0. The van der Waals surface area contributed by atoms with Crippen LogP contribution < -0.4 is 5.73 Å². The molecule has 1 atom stereocenters. The zero-order chi connectivity index (χ0) is 10.1. The van der Waals surface area contributed by atoms with Gasteiger partial charge in [-0.2, -0.15) is 0 Å². The lowest BCUT2D eigenvalue weighted by molar-refractivity contribution is 0.562. The van der Waals surface area contributed by atoms with Crippen molar-refractivity contribution in [1.29, 1.82) is 0 Å². The molecule has 0 fully saturated rings. The lowest BCUT2D eigenvalue weighted by Gasteiger charge is -2.04. The van der Waals surface area contributed by atoms with Gasteiger partial charge in [0.15, 0.2) is 0 Å². The van der Waals surface area contributed by atoms with Gasteiger partial charge in [0.2, 0.25) is 0 Å². The van der Waals surface area contributed by atoms with E-state index in [0.29, 0.717) is 0 Å². The molecule has 2 aromatic heterocycles. The molecule has 0 aliphatic heterocycles. The molecule has 2 aromatic rings. The quantitative estimate of drug-likeness (QED) is 0.909. The molecule has 0 aromatic carbocycles. The van der Waals surface area contributed by atoms with Crippen molar-refractivity contribution in [2.75, 3.05) is 0 Å². The largest absolute Gasteiger partial charge is 0.472 e. The highest BCUT2D eigenvalue weighted by Gasteiger charge is 2.13. The van der Waals surface area contributed by atoms with Crippen LogP contribution in [-0.2, 0) is 0 Å². The van der Waals surface area contributed by atoms with Crippen LogP contribution in [0, 0.1) is 6.92 Å². The molecule has 0 saturated heterocycles. The molecule has 0 radical (unpaired) electrons. The van der Waals surface area contributed by atoms with E-state index in [4.69, 9.17) is 10.2 Å². The molecule has 2 heterocycles. The van der Waals surface area contributed by atoms with E-state index in [1.807, 2.05) is 6.07 Å². The fraction of sp³-hybridized carbons (Fsp3) is 0.200. The maximum Gasteiger partial charge on any atom is 0.0954 e. The third-order valence-corrected chi connectivity index (χ3v) is 4.30. The average molecular weight is 272 g/mol. The van der Waals surface area contributed by atoms with Gasteiger partial charge in [0.1, 0.15) is 0 Å². The van der Waals surface area contributed by atoms with E-state index in [1.165, 1.54) is 5.56 Å². The predicted molar refractivity (Wildman–Crippen MR) is 61.5 cm³/mol. The molecule has 2 nitrogen and oxygen atoms in total. The maximum absolute atomic E-state index is 6.07. The Labute approximate surface area is 94.9 Å². The van der Waals surface area contributed by atoms with E-state index in [0.717, 1.165) is 14.2 Å². The van der Waals surface area contributed by atoms with Crippen molar-refractivity contribution in [3.8, 4) is 0 Å². The first-order chi connectivity index (χ1) is 6.68. The van der Waals surface area contributed by atoms with Crippen molar-refractivity contribution in [2.24, 2.45) is 5.73 Å². The summed E-state index contributed by atoms with van der Waals surface area (Å²) in [4.78, 5) is 1.15. The summed E-state index contributed by atoms with van der Waals surface area (Å²) in [6.45, 7) is 2.06. The highest BCUT2D eigenvalue weighted by Crippen LogP contribution is 2.33. The Hall–Kier alpha value is -0.580. The zero-order valence-electron chi connectivity index (χ0n) is 7.66. The Morgan fingerprint density at radius 2 is 2.36 bits per heavy atom. The summed E-state index contributed by atoms with van der Waals surface area (Å²) in [6.07, 6.45) is 3.33. The summed E-state index contributed by atoms with van der Waals surface area (Å²) in [5.41, 5.74) is 8.31. The molecule has 74 valence electrons. The average Bonchev–Trinajstić information content (AvgIpc) is 2.76. The minimum Gasteiger partial charge on any atom is -0.472 e. The molecule has 0 saturated carbocycles. The van der Waals surface area contributed by atoms with E-state index in [-0.39, 0.29) is 6.04 Å². The predicted octanol–water partition coefficient (Wildman–Crippen LogP) is 3.46. The second-order valence-electron chi connectivity index (χ2n) is 3.14. The first-order valence-electron chi connectivity index (χ1n) is 4.22. The van der Waals surface area contributed by atoms with Crippen molar-refractivity contribution in [1.82, 2.24) is 0 Å². The lowest BCUT2D eigenvalue weighted by atomic mass is 10.1. The van der Waals surface area contributed by atoms with E-state index in [9.17, 15) is 0 Å². The van der Waals surface area contributed by atoms with Crippen LogP contribution in [0.5, 0.6) is 0 Å². The second kappa shape index (κ2) is 3.88. The van der Waals surface area contributed by atoms with Gasteiger partial charge >= 0.3 is 0 Å². The number of nitrogens with two attached hydrogens (primary N) is 1. The van der Waals surface area contributed by atoms with Crippen molar-refractivity contribution < 1.29 is 4.42 Å². The van der Waals surface area contributed by atoms with Gasteiger partial charge in [0, 0.05) is 10.4 Å². The van der Waals surface area contributed by atoms with Gasteiger partial charge in [-0.3, -0.25) is 0 Å². The van der Waals surface area contributed by atoms with Crippen LogP contribution in [0.3, 0.4) is 0 Å². The van der Waals surface area contributed by atoms with E-state index >= 15 is 0 Å². The van der Waals surface area contributed by atoms with E-state index in [1.54, 1.807) is 23.9 Å². The van der Waals surface area contributed by atoms with Gasteiger partial charge in [-0.1, -0.05) is 0 Å². The molecule has 0 aliphatic carbocycles. The Morgan fingerprint density at radius 1 is 1.57 bits per heavy atom. The van der Waals surface area contributed by atoms with Crippen LogP contribution in [0.15, 0.2) is 32.9 Å². The van der Waals surface area contributed by atoms with Crippen molar-refractivity contribution in [3.63, 3.8) is 0 Å². The molecule has 0 aliphatic rings. The van der Waals surface area contributed by atoms with Crippen molar-refractivity contribution in [2.45, 2.75) is 13.0 Å². The molecule has 2 N–H and O–H groups in total. The highest BCUT2D eigenvalue weighted by molar-refractivity contribution is 9.11. The zero-order valence-corrected chi connectivity index (χ0v) is 10.1. The molecule has 4 heteroatoms. The standard InChI is InChI=1S/C10H10BrNOS/c1-6-4-8(14-10(6)11)9(12)7-2-3-13-5-7/h2-5,9H,12H2,1H3. The Kier molecular flexibility index (Phi) is 2.76. The van der Waals surface area contributed by atoms with Crippen LogP contribution in [-0.4, -0.2) is 0 Å². The molecule has 0 amide bonds. The number of aryl methyl sites for hydroxylation is 1. The first kappa shape index (κ1) is 9.96. The van der Waals surface area contributed by atoms with E-state index in [2.05, 4.69) is 28.9 Å². The number of hydrogen-bond donors (Lipinski definition) is 1. The topological polar surface area (TPSA) is 39.2 Å². The third kappa shape index (κ3) is 1.78. The molecular formula is C10H10BrNOS.